The van der Waals surface area contributed by atoms with Crippen LogP contribution in [0.2, 0.25) is 0 Å². The van der Waals surface area contributed by atoms with Crippen molar-refractivity contribution in [1.29, 1.82) is 0 Å². The van der Waals surface area contributed by atoms with Crippen LogP contribution >= 0.6 is 0 Å². The van der Waals surface area contributed by atoms with Crippen LogP contribution in [0.4, 0.5) is 26.3 Å². The van der Waals surface area contributed by atoms with Crippen LogP contribution in [0.5, 0.6) is 0 Å². The second-order valence-electron chi connectivity index (χ2n) is 3.36. The van der Waals surface area contributed by atoms with Crippen molar-refractivity contribution in [3.8, 4) is 0 Å². The van der Waals surface area contributed by atoms with Crippen molar-refractivity contribution in [1.82, 2.24) is 0 Å². The van der Waals surface area contributed by atoms with E-state index < -0.39 is 34.0 Å². The molecule has 0 N–H and O–H groups in total. The Morgan fingerprint density at radius 2 is 1.42 bits per heavy atom. The standard InChI is InChI=1S/C9H6F6O3S/c10-8(11,12)7-3-1-6(2-4-7)5-18-19(16,17)9(13,14)15/h1-4H,5H2. The van der Waals surface area contributed by atoms with Gasteiger partial charge in [-0.15, -0.1) is 0 Å². The predicted octanol–water partition coefficient (Wildman–Crippen LogP) is 3.07. The lowest BCUT2D eigenvalue weighted by molar-refractivity contribution is -0.137. The first-order chi connectivity index (χ1) is 8.43. The molecule has 0 saturated heterocycles. The predicted molar refractivity (Wildman–Crippen MR) is 51.2 cm³/mol. The van der Waals surface area contributed by atoms with Gasteiger partial charge in [0.15, 0.2) is 0 Å². The molecule has 0 heterocycles. The molecule has 108 valence electrons. The zero-order valence-corrected chi connectivity index (χ0v) is 9.73. The van der Waals surface area contributed by atoms with E-state index in [-0.39, 0.29) is 5.56 Å². The highest BCUT2D eigenvalue weighted by Crippen LogP contribution is 2.29. The second-order valence-corrected chi connectivity index (χ2v) is 4.96. The maximum atomic E-state index is 12.2. The molecule has 1 rings (SSSR count). The zero-order chi connectivity index (χ0) is 14.9. The molecule has 0 aliphatic heterocycles. The molecule has 1 aromatic rings. The van der Waals surface area contributed by atoms with Crippen LogP contribution in [0.15, 0.2) is 24.3 Å². The van der Waals surface area contributed by atoms with Crippen molar-refractivity contribution < 1.29 is 38.9 Å². The largest absolute Gasteiger partial charge is 0.523 e. The fourth-order valence-corrected chi connectivity index (χ4v) is 1.43. The van der Waals surface area contributed by atoms with Crippen LogP contribution in [-0.4, -0.2) is 13.9 Å². The Balaban J connectivity index is 2.76. The summed E-state index contributed by atoms with van der Waals surface area (Å²) in [5.41, 5.74) is -6.71. The average Bonchev–Trinajstić information content (AvgIpc) is 2.24. The summed E-state index contributed by atoms with van der Waals surface area (Å²) < 4.78 is 96.9. The molecule has 1 aromatic carbocycles. The van der Waals surface area contributed by atoms with Crippen LogP contribution in [0.1, 0.15) is 11.1 Å². The van der Waals surface area contributed by atoms with Gasteiger partial charge in [0.2, 0.25) is 0 Å². The van der Waals surface area contributed by atoms with Crippen molar-refractivity contribution in [2.24, 2.45) is 0 Å². The minimum Gasteiger partial charge on any atom is -0.258 e. The van der Waals surface area contributed by atoms with Gasteiger partial charge in [-0.25, -0.2) is 0 Å². The SMILES string of the molecule is O=S(=O)(OCc1ccc(C(F)(F)F)cc1)C(F)(F)F. The van der Waals surface area contributed by atoms with Gasteiger partial charge in [-0.1, -0.05) is 12.1 Å². The number of halogens is 6. The van der Waals surface area contributed by atoms with E-state index in [1.165, 1.54) is 0 Å². The van der Waals surface area contributed by atoms with Gasteiger partial charge >= 0.3 is 21.8 Å². The summed E-state index contributed by atoms with van der Waals surface area (Å²) in [7, 11) is -5.76. The Hall–Kier alpha value is -1.29. The lowest BCUT2D eigenvalue weighted by atomic mass is 10.1. The van der Waals surface area contributed by atoms with Gasteiger partial charge in [0.05, 0.1) is 12.2 Å². The van der Waals surface area contributed by atoms with Gasteiger partial charge in [-0.2, -0.15) is 34.8 Å². The Bertz CT molecular complexity index is 529. The molecule has 10 heteroatoms. The first-order valence-electron chi connectivity index (χ1n) is 4.55. The first-order valence-corrected chi connectivity index (χ1v) is 5.96. The highest BCUT2D eigenvalue weighted by Gasteiger charge is 2.47. The maximum Gasteiger partial charge on any atom is 0.523 e. The molecular formula is C9H6F6O3S. The summed E-state index contributed by atoms with van der Waals surface area (Å²) in [4.78, 5) is 0. The number of hydrogen-bond acceptors (Lipinski definition) is 3. The Morgan fingerprint density at radius 1 is 0.947 bits per heavy atom. The van der Waals surface area contributed by atoms with E-state index in [1.54, 1.807) is 0 Å². The van der Waals surface area contributed by atoms with Crippen LogP contribution in [0.25, 0.3) is 0 Å². The fraction of sp³-hybridized carbons (Fsp3) is 0.333. The average molecular weight is 308 g/mol. The van der Waals surface area contributed by atoms with Crippen LogP contribution in [-0.2, 0) is 27.1 Å². The summed E-state index contributed by atoms with van der Waals surface area (Å²) in [6.45, 7) is -1.00. The molecule has 0 spiro atoms. The van der Waals surface area contributed by atoms with E-state index in [0.29, 0.717) is 12.1 Å². The Kier molecular flexibility index (Phi) is 4.15. The van der Waals surface area contributed by atoms with Crippen molar-refractivity contribution in [3.63, 3.8) is 0 Å². The molecule has 0 bridgehead atoms. The fourth-order valence-electron chi connectivity index (χ4n) is 1.00. The number of alkyl halides is 6. The summed E-state index contributed by atoms with van der Waals surface area (Å²) in [6, 6.07) is 2.88. The van der Waals surface area contributed by atoms with Crippen molar-refractivity contribution in [2.75, 3.05) is 0 Å². The normalized spacial score (nSPS) is 13.6. The minimum absolute atomic E-state index is 0.138. The van der Waals surface area contributed by atoms with Gasteiger partial charge in [0.1, 0.15) is 0 Å². The van der Waals surface area contributed by atoms with E-state index in [2.05, 4.69) is 4.18 Å². The zero-order valence-electron chi connectivity index (χ0n) is 8.92. The minimum atomic E-state index is -5.76. The number of benzene rings is 1. The summed E-state index contributed by atoms with van der Waals surface area (Å²) in [5, 5.41) is 0. The molecule has 0 aliphatic rings. The summed E-state index contributed by atoms with van der Waals surface area (Å²) in [5.74, 6) is 0. The third-order valence-electron chi connectivity index (χ3n) is 1.95. The number of hydrogen-bond donors (Lipinski definition) is 0. The van der Waals surface area contributed by atoms with Crippen LogP contribution in [0, 0.1) is 0 Å². The van der Waals surface area contributed by atoms with E-state index in [0.717, 1.165) is 12.1 Å². The molecule has 0 saturated carbocycles. The Labute approximate surface area is 103 Å². The lowest BCUT2D eigenvalue weighted by Gasteiger charge is -2.09. The quantitative estimate of drug-likeness (QED) is 0.490. The van der Waals surface area contributed by atoms with Gasteiger partial charge in [0, 0.05) is 0 Å². The van der Waals surface area contributed by atoms with E-state index >= 15 is 0 Å². The smallest absolute Gasteiger partial charge is 0.258 e. The summed E-state index contributed by atoms with van der Waals surface area (Å²) >= 11 is 0. The summed E-state index contributed by atoms with van der Waals surface area (Å²) in [6.07, 6.45) is -4.59. The van der Waals surface area contributed by atoms with Crippen molar-refractivity contribution in [3.05, 3.63) is 35.4 Å². The molecule has 0 aromatic heterocycles. The van der Waals surface area contributed by atoms with Gasteiger partial charge in [-0.05, 0) is 17.7 Å². The molecule has 3 nitrogen and oxygen atoms in total. The van der Waals surface area contributed by atoms with Crippen LogP contribution in [0.3, 0.4) is 0 Å². The highest BCUT2D eigenvalue weighted by molar-refractivity contribution is 7.87. The van der Waals surface area contributed by atoms with E-state index in [1.807, 2.05) is 0 Å². The monoisotopic (exact) mass is 308 g/mol. The molecule has 0 amide bonds. The van der Waals surface area contributed by atoms with Gasteiger partial charge < -0.3 is 0 Å². The van der Waals surface area contributed by atoms with Crippen molar-refractivity contribution in [2.45, 2.75) is 18.3 Å². The molecule has 0 atom stereocenters. The number of rotatable bonds is 3. The molecule has 0 aliphatic carbocycles. The Morgan fingerprint density at radius 3 is 1.79 bits per heavy atom. The van der Waals surface area contributed by atoms with Crippen LogP contribution < -0.4 is 0 Å². The molecule has 0 fully saturated rings. The topological polar surface area (TPSA) is 43.4 Å². The lowest BCUT2D eigenvalue weighted by Crippen LogP contribution is -2.25. The van der Waals surface area contributed by atoms with Crippen molar-refractivity contribution >= 4 is 10.1 Å². The van der Waals surface area contributed by atoms with Gasteiger partial charge in [0.25, 0.3) is 0 Å². The third kappa shape index (κ3) is 4.10. The first kappa shape index (κ1) is 15.8. The maximum absolute atomic E-state index is 12.2. The highest BCUT2D eigenvalue weighted by atomic mass is 32.2. The van der Waals surface area contributed by atoms with E-state index in [9.17, 15) is 34.8 Å². The second kappa shape index (κ2) is 5.00. The van der Waals surface area contributed by atoms with Gasteiger partial charge in [-0.3, -0.25) is 4.18 Å². The molecule has 0 unspecified atom stereocenters. The molecule has 19 heavy (non-hydrogen) atoms. The molecular weight excluding hydrogens is 302 g/mol. The third-order valence-corrected chi connectivity index (χ3v) is 2.94. The molecule has 0 radical (unpaired) electrons. The van der Waals surface area contributed by atoms with E-state index in [4.69, 9.17) is 0 Å².